The van der Waals surface area contributed by atoms with Crippen molar-refractivity contribution in [3.8, 4) is 22.6 Å². The third kappa shape index (κ3) is 4.60. The van der Waals surface area contributed by atoms with Gasteiger partial charge < -0.3 is 10.2 Å². The largest absolute Gasteiger partial charge is 0.507 e. The molecule has 0 radical (unpaired) electrons. The molecule has 0 aliphatic heterocycles. The van der Waals surface area contributed by atoms with Gasteiger partial charge in [0.05, 0.1) is 0 Å². The maximum Gasteiger partial charge on any atom is 0.124 e. The topological polar surface area (TPSA) is 40.5 Å². The molecule has 2 N–H and O–H groups in total. The second-order valence-electron chi connectivity index (χ2n) is 11.5. The molecule has 0 amide bonds. The van der Waals surface area contributed by atoms with Crippen LogP contribution in [0.3, 0.4) is 0 Å². The summed E-state index contributed by atoms with van der Waals surface area (Å²) >= 11 is 0. The van der Waals surface area contributed by atoms with Crippen molar-refractivity contribution in [1.82, 2.24) is 0 Å². The summed E-state index contributed by atoms with van der Waals surface area (Å²) in [5, 5.41) is 25.8. The molecule has 2 nitrogen and oxygen atoms in total. The smallest absolute Gasteiger partial charge is 0.124 e. The van der Waals surface area contributed by atoms with Crippen molar-refractivity contribution in [2.24, 2.45) is 10.8 Å². The lowest BCUT2D eigenvalue weighted by Gasteiger charge is -2.20. The van der Waals surface area contributed by atoms with Crippen LogP contribution in [0.2, 0.25) is 0 Å². The van der Waals surface area contributed by atoms with Crippen LogP contribution in [-0.4, -0.2) is 10.2 Å². The van der Waals surface area contributed by atoms with Gasteiger partial charge in [-0.2, -0.15) is 0 Å². The van der Waals surface area contributed by atoms with Gasteiger partial charge in [-0.1, -0.05) is 90.1 Å². The lowest BCUT2D eigenvalue weighted by molar-refractivity contribution is 0.411. The highest BCUT2D eigenvalue weighted by Crippen LogP contribution is 2.45. The van der Waals surface area contributed by atoms with Gasteiger partial charge in [-0.15, -0.1) is 0 Å². The predicted molar refractivity (Wildman–Crippen MR) is 137 cm³/mol. The van der Waals surface area contributed by atoms with Crippen LogP contribution in [0.5, 0.6) is 11.5 Å². The molecule has 4 aromatic rings. The molecule has 4 aromatic carbocycles. The summed E-state index contributed by atoms with van der Waals surface area (Å²) in [5.74, 6) is 0.366. The molecule has 0 aliphatic rings. The van der Waals surface area contributed by atoms with E-state index in [1.165, 1.54) is 11.1 Å². The minimum atomic E-state index is 0.183. The molecule has 0 aliphatic carbocycles. The van der Waals surface area contributed by atoms with Gasteiger partial charge in [-0.25, -0.2) is 0 Å². The second kappa shape index (κ2) is 7.85. The average molecular weight is 427 g/mol. The molecule has 0 saturated carbocycles. The minimum Gasteiger partial charge on any atom is -0.507 e. The maximum atomic E-state index is 10.9. The summed E-state index contributed by atoms with van der Waals surface area (Å²) in [7, 11) is 0. The SMILES string of the molecule is CC(C)(C)Cc1ccc2c(-c3c(O)ccc4cc(CC(C)(C)C)ccc34)c(O)ccc2c1. The summed E-state index contributed by atoms with van der Waals surface area (Å²) in [5.41, 5.74) is 4.33. The molecule has 32 heavy (non-hydrogen) atoms. The Bertz CT molecular complexity index is 1200. The first kappa shape index (κ1) is 22.2. The normalized spacial score (nSPS) is 12.6. The fraction of sp³-hybridized carbons (Fsp3) is 0.333. The van der Waals surface area contributed by atoms with Crippen molar-refractivity contribution in [3.05, 3.63) is 71.8 Å². The van der Waals surface area contributed by atoms with E-state index in [9.17, 15) is 10.2 Å². The number of phenols is 2. The Morgan fingerprint density at radius 3 is 1.25 bits per heavy atom. The molecular weight excluding hydrogens is 392 g/mol. The van der Waals surface area contributed by atoms with Crippen LogP contribution in [0.25, 0.3) is 32.7 Å². The Kier molecular flexibility index (Phi) is 5.45. The molecular formula is C30H34O2. The van der Waals surface area contributed by atoms with E-state index in [4.69, 9.17) is 0 Å². The molecule has 0 fully saturated rings. The lowest BCUT2D eigenvalue weighted by atomic mass is 9.85. The third-order valence-corrected chi connectivity index (χ3v) is 5.84. The highest BCUT2D eigenvalue weighted by molar-refractivity contribution is 6.09. The molecule has 2 heteroatoms. The van der Waals surface area contributed by atoms with Gasteiger partial charge in [0, 0.05) is 11.1 Å². The number of hydrogen-bond donors (Lipinski definition) is 2. The van der Waals surface area contributed by atoms with Gasteiger partial charge in [0.15, 0.2) is 0 Å². The van der Waals surface area contributed by atoms with E-state index < -0.39 is 0 Å². The van der Waals surface area contributed by atoms with E-state index in [0.717, 1.165) is 34.4 Å². The van der Waals surface area contributed by atoms with Crippen molar-refractivity contribution in [2.75, 3.05) is 0 Å². The molecule has 0 unspecified atom stereocenters. The minimum absolute atomic E-state index is 0.183. The Hall–Kier alpha value is -3.00. The van der Waals surface area contributed by atoms with E-state index in [2.05, 4.69) is 77.9 Å². The van der Waals surface area contributed by atoms with Crippen LogP contribution in [0.1, 0.15) is 52.7 Å². The van der Waals surface area contributed by atoms with Gasteiger partial charge >= 0.3 is 0 Å². The van der Waals surface area contributed by atoms with Gasteiger partial charge in [0.25, 0.3) is 0 Å². The Morgan fingerprint density at radius 1 is 0.531 bits per heavy atom. The summed E-state index contributed by atoms with van der Waals surface area (Å²) in [6.45, 7) is 13.4. The number of rotatable bonds is 3. The van der Waals surface area contributed by atoms with E-state index in [-0.39, 0.29) is 22.3 Å². The summed E-state index contributed by atoms with van der Waals surface area (Å²) < 4.78 is 0. The van der Waals surface area contributed by atoms with Crippen molar-refractivity contribution >= 4 is 21.5 Å². The van der Waals surface area contributed by atoms with E-state index in [1.54, 1.807) is 12.1 Å². The number of phenolic OH excluding ortho intramolecular Hbond substituents is 2. The summed E-state index contributed by atoms with van der Waals surface area (Å²) in [6.07, 6.45) is 1.96. The van der Waals surface area contributed by atoms with Crippen LogP contribution in [0.15, 0.2) is 60.7 Å². The molecule has 0 spiro atoms. The number of aromatic hydroxyl groups is 2. The van der Waals surface area contributed by atoms with Crippen molar-refractivity contribution in [2.45, 2.75) is 54.4 Å². The van der Waals surface area contributed by atoms with Crippen molar-refractivity contribution in [3.63, 3.8) is 0 Å². The van der Waals surface area contributed by atoms with E-state index in [1.807, 2.05) is 12.1 Å². The summed E-state index contributed by atoms with van der Waals surface area (Å²) in [4.78, 5) is 0. The Balaban J connectivity index is 1.92. The zero-order chi connectivity index (χ0) is 23.3. The fourth-order valence-corrected chi connectivity index (χ4v) is 4.71. The van der Waals surface area contributed by atoms with Crippen LogP contribution >= 0.6 is 0 Å². The lowest BCUT2D eigenvalue weighted by Crippen LogP contribution is -2.09. The molecule has 0 atom stereocenters. The monoisotopic (exact) mass is 426 g/mol. The highest BCUT2D eigenvalue weighted by Gasteiger charge is 2.19. The number of fused-ring (bicyclic) bond motifs is 2. The molecule has 4 rings (SSSR count). The van der Waals surface area contributed by atoms with Gasteiger partial charge in [-0.3, -0.25) is 0 Å². The molecule has 0 saturated heterocycles. The molecule has 166 valence electrons. The molecule has 0 bridgehead atoms. The van der Waals surface area contributed by atoms with Crippen LogP contribution in [0.4, 0.5) is 0 Å². The van der Waals surface area contributed by atoms with Crippen molar-refractivity contribution in [1.29, 1.82) is 0 Å². The van der Waals surface area contributed by atoms with E-state index >= 15 is 0 Å². The zero-order valence-electron chi connectivity index (χ0n) is 20.1. The van der Waals surface area contributed by atoms with E-state index in [0.29, 0.717) is 11.1 Å². The average Bonchev–Trinajstić information content (AvgIpc) is 2.66. The molecule has 0 heterocycles. The van der Waals surface area contributed by atoms with Gasteiger partial charge in [-0.05, 0) is 68.5 Å². The van der Waals surface area contributed by atoms with Crippen LogP contribution in [0, 0.1) is 10.8 Å². The van der Waals surface area contributed by atoms with Crippen LogP contribution < -0.4 is 0 Å². The summed E-state index contributed by atoms with van der Waals surface area (Å²) in [6, 6.07) is 20.2. The fourth-order valence-electron chi connectivity index (χ4n) is 4.71. The molecule has 0 aromatic heterocycles. The Morgan fingerprint density at radius 2 is 0.906 bits per heavy atom. The quantitative estimate of drug-likeness (QED) is 0.346. The van der Waals surface area contributed by atoms with Crippen LogP contribution in [-0.2, 0) is 12.8 Å². The second-order valence-corrected chi connectivity index (χ2v) is 11.5. The highest BCUT2D eigenvalue weighted by atomic mass is 16.3. The van der Waals surface area contributed by atoms with Crippen molar-refractivity contribution < 1.29 is 10.2 Å². The number of benzene rings is 4. The third-order valence-electron chi connectivity index (χ3n) is 5.84. The predicted octanol–water partition coefficient (Wildman–Crippen LogP) is 8.25. The van der Waals surface area contributed by atoms with Gasteiger partial charge in [0.2, 0.25) is 0 Å². The Labute approximate surface area is 191 Å². The number of hydrogen-bond acceptors (Lipinski definition) is 2. The maximum absolute atomic E-state index is 10.9. The standard InChI is InChI=1S/C30H34O2/c1-29(2,3)17-19-7-11-23-21(15-19)9-13-25(31)27(23)28-24-12-8-20(18-30(4,5)6)16-22(24)10-14-26(28)32/h7-16,31-32H,17-18H2,1-6H3. The van der Waals surface area contributed by atoms with Gasteiger partial charge in [0.1, 0.15) is 11.5 Å². The first-order valence-electron chi connectivity index (χ1n) is 11.4. The zero-order valence-corrected chi connectivity index (χ0v) is 20.1. The first-order valence-corrected chi connectivity index (χ1v) is 11.4. The first-order chi connectivity index (χ1) is 14.9.